The van der Waals surface area contributed by atoms with Gasteiger partial charge >= 0.3 is 0 Å². The third-order valence-corrected chi connectivity index (χ3v) is 4.02. The molecule has 1 amide bonds. The van der Waals surface area contributed by atoms with Gasteiger partial charge in [-0.3, -0.25) is 4.79 Å². The quantitative estimate of drug-likeness (QED) is 0.886. The highest BCUT2D eigenvalue weighted by Crippen LogP contribution is 2.34. The number of amides is 1. The van der Waals surface area contributed by atoms with Crippen LogP contribution in [-0.4, -0.2) is 30.2 Å². The second kappa shape index (κ2) is 4.74. The molecule has 2 aliphatic rings. The number of benzene rings is 1. The van der Waals surface area contributed by atoms with Crippen molar-refractivity contribution in [1.82, 2.24) is 4.90 Å². The minimum atomic E-state index is 0.181. The number of hydrogen-bond donors (Lipinski definition) is 1. The standard InChI is InChI=1S/C14H18N2O3/c1-9-11(6-15)5-14(17)16(9)7-10-2-3-12-13(4-10)19-8-18-12/h2-4,9,11H,5-8,15H2,1H3. The number of carbonyl (C=O) groups is 1. The average Bonchev–Trinajstić information content (AvgIpc) is 2.97. The molecule has 0 bridgehead atoms. The lowest BCUT2D eigenvalue weighted by Crippen LogP contribution is -2.34. The summed E-state index contributed by atoms with van der Waals surface area (Å²) in [6.45, 7) is 3.50. The van der Waals surface area contributed by atoms with Crippen LogP contribution in [-0.2, 0) is 11.3 Å². The van der Waals surface area contributed by atoms with Crippen LogP contribution in [0.4, 0.5) is 0 Å². The number of nitrogens with two attached hydrogens (primary N) is 1. The van der Waals surface area contributed by atoms with E-state index in [1.165, 1.54) is 0 Å². The molecular weight excluding hydrogens is 244 g/mol. The van der Waals surface area contributed by atoms with Crippen molar-refractivity contribution in [2.45, 2.75) is 25.9 Å². The van der Waals surface area contributed by atoms with Crippen LogP contribution in [0.1, 0.15) is 18.9 Å². The predicted molar refractivity (Wildman–Crippen MR) is 69.7 cm³/mol. The summed E-state index contributed by atoms with van der Waals surface area (Å²) in [6, 6.07) is 6.01. The lowest BCUT2D eigenvalue weighted by molar-refractivity contribution is -0.129. The number of nitrogens with zero attached hydrogens (tertiary/aromatic N) is 1. The zero-order valence-electron chi connectivity index (χ0n) is 11.0. The number of fused-ring (bicyclic) bond motifs is 1. The molecule has 5 nitrogen and oxygen atoms in total. The monoisotopic (exact) mass is 262 g/mol. The summed E-state index contributed by atoms with van der Waals surface area (Å²) in [7, 11) is 0. The second-order valence-electron chi connectivity index (χ2n) is 5.15. The van der Waals surface area contributed by atoms with Crippen molar-refractivity contribution in [2.75, 3.05) is 13.3 Å². The zero-order valence-corrected chi connectivity index (χ0v) is 11.0. The van der Waals surface area contributed by atoms with Gasteiger partial charge in [0, 0.05) is 24.9 Å². The van der Waals surface area contributed by atoms with Crippen LogP contribution < -0.4 is 15.2 Å². The highest BCUT2D eigenvalue weighted by molar-refractivity contribution is 5.79. The molecule has 2 heterocycles. The lowest BCUT2D eigenvalue weighted by Gasteiger charge is -2.24. The SMILES string of the molecule is CC1C(CN)CC(=O)N1Cc1ccc2c(c1)OCO2. The Morgan fingerprint density at radius 2 is 2.16 bits per heavy atom. The van der Waals surface area contributed by atoms with E-state index in [0.29, 0.717) is 19.5 Å². The first-order valence-electron chi connectivity index (χ1n) is 6.57. The Morgan fingerprint density at radius 3 is 2.89 bits per heavy atom. The first kappa shape index (κ1) is 12.3. The highest BCUT2D eigenvalue weighted by atomic mass is 16.7. The lowest BCUT2D eigenvalue weighted by atomic mass is 10.0. The largest absolute Gasteiger partial charge is 0.454 e. The molecule has 2 aliphatic heterocycles. The van der Waals surface area contributed by atoms with E-state index in [1.54, 1.807) is 0 Å². The molecule has 1 saturated heterocycles. The minimum Gasteiger partial charge on any atom is -0.454 e. The van der Waals surface area contributed by atoms with E-state index in [9.17, 15) is 4.79 Å². The van der Waals surface area contributed by atoms with Gasteiger partial charge in [-0.05, 0) is 31.2 Å². The summed E-state index contributed by atoms with van der Waals surface area (Å²) in [4.78, 5) is 13.9. The van der Waals surface area contributed by atoms with Gasteiger partial charge in [-0.25, -0.2) is 0 Å². The van der Waals surface area contributed by atoms with E-state index in [-0.39, 0.29) is 24.7 Å². The van der Waals surface area contributed by atoms with E-state index in [0.717, 1.165) is 17.1 Å². The van der Waals surface area contributed by atoms with E-state index < -0.39 is 0 Å². The summed E-state index contributed by atoms with van der Waals surface area (Å²) in [5.41, 5.74) is 6.76. The average molecular weight is 262 g/mol. The molecule has 2 atom stereocenters. The fourth-order valence-electron chi connectivity index (χ4n) is 2.74. The van der Waals surface area contributed by atoms with E-state index in [4.69, 9.17) is 15.2 Å². The van der Waals surface area contributed by atoms with Gasteiger partial charge in [0.15, 0.2) is 11.5 Å². The maximum Gasteiger partial charge on any atom is 0.231 e. The highest BCUT2D eigenvalue weighted by Gasteiger charge is 2.35. The molecular formula is C14H18N2O3. The first-order chi connectivity index (χ1) is 9.19. The van der Waals surface area contributed by atoms with Gasteiger partial charge in [-0.15, -0.1) is 0 Å². The fourth-order valence-corrected chi connectivity index (χ4v) is 2.74. The van der Waals surface area contributed by atoms with Crippen LogP contribution in [0.15, 0.2) is 18.2 Å². The van der Waals surface area contributed by atoms with Gasteiger partial charge < -0.3 is 20.1 Å². The van der Waals surface area contributed by atoms with Crippen LogP contribution in [0.3, 0.4) is 0 Å². The van der Waals surface area contributed by atoms with Crippen molar-refractivity contribution in [3.8, 4) is 11.5 Å². The van der Waals surface area contributed by atoms with Gasteiger partial charge in [-0.1, -0.05) is 6.07 Å². The third kappa shape index (κ3) is 2.14. The van der Waals surface area contributed by atoms with E-state index in [2.05, 4.69) is 6.92 Å². The summed E-state index contributed by atoms with van der Waals surface area (Å²) < 4.78 is 10.6. The number of carbonyl (C=O) groups excluding carboxylic acids is 1. The van der Waals surface area contributed by atoms with Crippen molar-refractivity contribution < 1.29 is 14.3 Å². The maximum atomic E-state index is 12.0. The van der Waals surface area contributed by atoms with E-state index >= 15 is 0 Å². The number of rotatable bonds is 3. The molecule has 5 heteroatoms. The smallest absolute Gasteiger partial charge is 0.231 e. The molecule has 3 rings (SSSR count). The summed E-state index contributed by atoms with van der Waals surface area (Å²) >= 11 is 0. The Balaban J connectivity index is 1.76. The van der Waals surface area contributed by atoms with Gasteiger partial charge in [0.05, 0.1) is 0 Å². The Hall–Kier alpha value is -1.75. The van der Waals surface area contributed by atoms with Gasteiger partial charge in [0.25, 0.3) is 0 Å². The number of ether oxygens (including phenoxy) is 2. The topological polar surface area (TPSA) is 64.8 Å². The molecule has 0 radical (unpaired) electrons. The van der Waals surface area contributed by atoms with Crippen molar-refractivity contribution in [3.05, 3.63) is 23.8 Å². The Bertz CT molecular complexity index is 503. The Kier molecular flexibility index (Phi) is 3.06. The van der Waals surface area contributed by atoms with Crippen molar-refractivity contribution in [2.24, 2.45) is 11.7 Å². The molecule has 2 N–H and O–H groups in total. The third-order valence-electron chi connectivity index (χ3n) is 4.02. The first-order valence-corrected chi connectivity index (χ1v) is 6.57. The van der Waals surface area contributed by atoms with Crippen molar-refractivity contribution >= 4 is 5.91 Å². The second-order valence-corrected chi connectivity index (χ2v) is 5.15. The molecule has 19 heavy (non-hydrogen) atoms. The molecule has 1 aromatic rings. The molecule has 0 aromatic heterocycles. The van der Waals surface area contributed by atoms with Crippen LogP contribution in [0, 0.1) is 5.92 Å². The molecule has 102 valence electrons. The maximum absolute atomic E-state index is 12.0. The van der Waals surface area contributed by atoms with Crippen LogP contribution in [0.2, 0.25) is 0 Å². The predicted octanol–water partition coefficient (Wildman–Crippen LogP) is 1.11. The molecule has 2 unspecified atom stereocenters. The Morgan fingerprint density at radius 1 is 1.37 bits per heavy atom. The normalized spacial score (nSPS) is 25.2. The van der Waals surface area contributed by atoms with Gasteiger partial charge in [0.1, 0.15) is 0 Å². The molecule has 0 aliphatic carbocycles. The van der Waals surface area contributed by atoms with Gasteiger partial charge in [0.2, 0.25) is 12.7 Å². The van der Waals surface area contributed by atoms with Crippen LogP contribution in [0.25, 0.3) is 0 Å². The molecule has 1 fully saturated rings. The van der Waals surface area contributed by atoms with Crippen molar-refractivity contribution in [3.63, 3.8) is 0 Å². The van der Waals surface area contributed by atoms with Crippen LogP contribution in [0.5, 0.6) is 11.5 Å². The zero-order chi connectivity index (χ0) is 13.4. The molecule has 0 spiro atoms. The summed E-state index contributed by atoms with van der Waals surface area (Å²) in [5, 5.41) is 0. The van der Waals surface area contributed by atoms with Crippen molar-refractivity contribution in [1.29, 1.82) is 0 Å². The summed E-state index contributed by atoms with van der Waals surface area (Å²) in [6.07, 6.45) is 0.558. The van der Waals surface area contributed by atoms with E-state index in [1.807, 2.05) is 23.1 Å². The minimum absolute atomic E-state index is 0.181. The molecule has 1 aromatic carbocycles. The number of hydrogen-bond acceptors (Lipinski definition) is 4. The fraction of sp³-hybridized carbons (Fsp3) is 0.500. The summed E-state index contributed by atoms with van der Waals surface area (Å²) in [5.74, 6) is 1.97. The molecule has 0 saturated carbocycles. The van der Waals surface area contributed by atoms with Gasteiger partial charge in [-0.2, -0.15) is 0 Å². The van der Waals surface area contributed by atoms with Crippen LogP contribution >= 0.6 is 0 Å². The Labute approximate surface area is 112 Å². The number of likely N-dealkylation sites (tertiary alicyclic amines) is 1.